The lowest BCUT2D eigenvalue weighted by Gasteiger charge is -2.39. The molecule has 1 fully saturated rings. The van der Waals surface area contributed by atoms with Crippen LogP contribution in [0.25, 0.3) is 0 Å². The van der Waals surface area contributed by atoms with Crippen molar-refractivity contribution < 1.29 is 22.7 Å². The van der Waals surface area contributed by atoms with Crippen molar-refractivity contribution in [1.29, 1.82) is 0 Å². The summed E-state index contributed by atoms with van der Waals surface area (Å²) in [5.74, 6) is 1.09. The Balaban J connectivity index is 1.32. The number of carbonyl (C=O) groups excluding carboxylic acids is 1. The van der Waals surface area contributed by atoms with Crippen molar-refractivity contribution in [3.63, 3.8) is 0 Å². The van der Waals surface area contributed by atoms with Crippen LogP contribution in [0.4, 0.5) is 36.3 Å². The Morgan fingerprint density at radius 3 is 2.49 bits per heavy atom. The average molecular weight is 556 g/mol. The Morgan fingerprint density at radius 1 is 1.08 bits per heavy atom. The van der Waals surface area contributed by atoms with Crippen LogP contribution < -0.4 is 15.5 Å². The van der Waals surface area contributed by atoms with E-state index in [2.05, 4.69) is 35.7 Å². The number of anilines is 4. The number of methoxy groups -OCH3 is 1. The predicted molar refractivity (Wildman–Crippen MR) is 142 cm³/mol. The van der Waals surface area contributed by atoms with Gasteiger partial charge in [0.15, 0.2) is 11.0 Å². The number of benzene rings is 2. The Kier molecular flexibility index (Phi) is 7.44. The number of rotatable bonds is 8. The molecule has 5 rings (SSSR count). The third-order valence-corrected chi connectivity index (χ3v) is 6.83. The number of nitrogens with one attached hydrogen (secondary N) is 3. The predicted octanol–water partition coefficient (Wildman–Crippen LogP) is 5.51. The van der Waals surface area contributed by atoms with Crippen LogP contribution >= 0.6 is 11.8 Å². The average Bonchev–Trinajstić information content (AvgIpc) is 3.28. The van der Waals surface area contributed by atoms with E-state index in [1.54, 1.807) is 31.4 Å². The first-order valence-electron chi connectivity index (χ1n) is 11.9. The molecule has 0 radical (unpaired) electrons. The molecule has 1 aliphatic rings. The molecule has 202 valence electrons. The molecule has 1 amide bonds. The summed E-state index contributed by atoms with van der Waals surface area (Å²) in [7, 11) is 1.68. The van der Waals surface area contributed by atoms with E-state index in [0.717, 1.165) is 28.5 Å². The number of ether oxygens (including phenoxy) is 1. The fraction of sp³-hybridized carbons (Fsp3) is 0.231. The standard InChI is InChI=1S/C26H24F3N7O2S/c1-15-11-22(35-34-15)31-21-12-23(36-13-17(14-36)38-2)33-25(32-21)39-18-9-7-16(8-10-18)30-24(37)19-5-3-4-6-20(19)26(27,28)29/h3-12,17H,13-14H2,1-2H3,(H,30,37)(H2,31,32,33,34,35). The van der Waals surface area contributed by atoms with E-state index in [-0.39, 0.29) is 6.10 Å². The van der Waals surface area contributed by atoms with E-state index >= 15 is 0 Å². The molecule has 0 aliphatic carbocycles. The van der Waals surface area contributed by atoms with Crippen molar-refractivity contribution in [2.24, 2.45) is 0 Å². The number of carbonyl (C=O) groups is 1. The van der Waals surface area contributed by atoms with Gasteiger partial charge in [-0.3, -0.25) is 9.89 Å². The van der Waals surface area contributed by atoms with E-state index in [9.17, 15) is 18.0 Å². The molecule has 0 saturated carbocycles. The van der Waals surface area contributed by atoms with Crippen molar-refractivity contribution >= 4 is 40.8 Å². The van der Waals surface area contributed by atoms with Gasteiger partial charge in [-0.2, -0.15) is 18.3 Å². The lowest BCUT2D eigenvalue weighted by Crippen LogP contribution is -2.52. The minimum atomic E-state index is -4.63. The molecule has 4 aromatic rings. The van der Waals surface area contributed by atoms with Crippen molar-refractivity contribution in [3.8, 4) is 0 Å². The van der Waals surface area contributed by atoms with E-state index < -0.39 is 23.2 Å². The van der Waals surface area contributed by atoms with Gasteiger partial charge >= 0.3 is 6.18 Å². The summed E-state index contributed by atoms with van der Waals surface area (Å²) in [6, 6.07) is 15.1. The molecule has 9 nitrogen and oxygen atoms in total. The van der Waals surface area contributed by atoms with Crippen molar-refractivity contribution in [2.75, 3.05) is 35.7 Å². The number of aromatic nitrogens is 4. The second-order valence-corrected chi connectivity index (χ2v) is 9.88. The number of nitrogens with zero attached hydrogens (tertiary/aromatic N) is 4. The fourth-order valence-electron chi connectivity index (χ4n) is 3.91. The number of hydrogen-bond acceptors (Lipinski definition) is 8. The SMILES string of the molecule is COC1CN(c2cc(Nc3cc(C)[nH]n3)nc(Sc3ccc(NC(=O)c4ccccc4C(F)(F)F)cc3)n2)C1. The highest BCUT2D eigenvalue weighted by atomic mass is 32.2. The zero-order valence-corrected chi connectivity index (χ0v) is 21.7. The number of hydrogen-bond donors (Lipinski definition) is 3. The van der Waals surface area contributed by atoms with Crippen molar-refractivity contribution in [3.05, 3.63) is 77.5 Å². The van der Waals surface area contributed by atoms with E-state index in [0.29, 0.717) is 35.6 Å². The third kappa shape index (κ3) is 6.32. The molecular formula is C26H24F3N7O2S. The molecule has 2 aromatic carbocycles. The summed E-state index contributed by atoms with van der Waals surface area (Å²) in [6.45, 7) is 3.33. The zero-order chi connectivity index (χ0) is 27.6. The van der Waals surface area contributed by atoms with Gasteiger partial charge in [0.2, 0.25) is 0 Å². The summed E-state index contributed by atoms with van der Waals surface area (Å²) in [4.78, 5) is 24.7. The zero-order valence-electron chi connectivity index (χ0n) is 20.9. The maximum atomic E-state index is 13.3. The molecule has 2 aromatic heterocycles. The maximum absolute atomic E-state index is 13.3. The van der Waals surface area contributed by atoms with E-state index in [1.807, 2.05) is 19.1 Å². The molecule has 1 saturated heterocycles. The molecular weight excluding hydrogens is 531 g/mol. The number of alkyl halides is 3. The quantitative estimate of drug-likeness (QED) is 0.244. The monoisotopic (exact) mass is 555 g/mol. The van der Waals surface area contributed by atoms with Crippen molar-refractivity contribution in [1.82, 2.24) is 20.2 Å². The summed E-state index contributed by atoms with van der Waals surface area (Å²) >= 11 is 1.31. The summed E-state index contributed by atoms with van der Waals surface area (Å²) < 4.78 is 45.2. The topological polar surface area (TPSA) is 108 Å². The number of H-pyrrole nitrogens is 1. The van der Waals surface area contributed by atoms with Crippen LogP contribution in [-0.2, 0) is 10.9 Å². The molecule has 0 spiro atoms. The summed E-state index contributed by atoms with van der Waals surface area (Å²) in [5.41, 5.74) is -0.165. The Hall–Kier alpha value is -4.10. The number of amides is 1. The first kappa shape index (κ1) is 26.5. The van der Waals surface area contributed by atoms with Crippen LogP contribution in [-0.4, -0.2) is 52.4 Å². The fourth-order valence-corrected chi connectivity index (χ4v) is 4.68. The molecule has 3 N–H and O–H groups in total. The number of halogens is 3. The molecule has 0 unspecified atom stereocenters. The van der Waals surface area contributed by atoms with E-state index in [1.165, 1.54) is 23.9 Å². The lowest BCUT2D eigenvalue weighted by atomic mass is 10.1. The number of aryl methyl sites for hydroxylation is 1. The first-order chi connectivity index (χ1) is 18.7. The molecule has 3 heterocycles. The van der Waals surface area contributed by atoms with Gasteiger partial charge in [-0.05, 0) is 55.1 Å². The third-order valence-electron chi connectivity index (χ3n) is 5.96. The smallest absolute Gasteiger partial charge is 0.378 e. The van der Waals surface area contributed by atoms with Gasteiger partial charge in [-0.1, -0.05) is 12.1 Å². The van der Waals surface area contributed by atoms with Crippen molar-refractivity contribution in [2.45, 2.75) is 29.3 Å². The summed E-state index contributed by atoms with van der Waals surface area (Å²) in [5, 5.41) is 13.3. The van der Waals surface area contributed by atoms with Gasteiger partial charge in [-0.15, -0.1) is 0 Å². The summed E-state index contributed by atoms with van der Waals surface area (Å²) in [6.07, 6.45) is -4.49. The minimum absolute atomic E-state index is 0.146. The van der Waals surface area contributed by atoms with Gasteiger partial charge in [-0.25, -0.2) is 9.97 Å². The van der Waals surface area contributed by atoms with Crippen LogP contribution in [0.1, 0.15) is 21.6 Å². The van der Waals surface area contributed by atoms with Gasteiger partial charge in [0.05, 0.1) is 17.2 Å². The molecule has 0 bridgehead atoms. The van der Waals surface area contributed by atoms with Gasteiger partial charge in [0, 0.05) is 48.6 Å². The largest absolute Gasteiger partial charge is 0.417 e. The second-order valence-electron chi connectivity index (χ2n) is 8.84. The van der Waals surface area contributed by atoms with Crippen LogP contribution in [0.2, 0.25) is 0 Å². The second kappa shape index (κ2) is 10.9. The minimum Gasteiger partial charge on any atom is -0.378 e. The Morgan fingerprint density at radius 2 is 1.82 bits per heavy atom. The van der Waals surface area contributed by atoms with Crippen LogP contribution in [0.5, 0.6) is 0 Å². The van der Waals surface area contributed by atoms with E-state index in [4.69, 9.17) is 4.74 Å². The maximum Gasteiger partial charge on any atom is 0.417 e. The molecule has 39 heavy (non-hydrogen) atoms. The Labute approximate surface area is 226 Å². The molecule has 1 aliphatic heterocycles. The highest BCUT2D eigenvalue weighted by Gasteiger charge is 2.35. The first-order valence-corrected chi connectivity index (χ1v) is 12.7. The normalized spacial score (nSPS) is 13.7. The van der Waals surface area contributed by atoms with Crippen LogP contribution in [0, 0.1) is 6.92 Å². The van der Waals surface area contributed by atoms with Gasteiger partial charge in [0.1, 0.15) is 11.6 Å². The Bertz CT molecular complexity index is 1470. The number of aromatic amines is 1. The van der Waals surface area contributed by atoms with Crippen LogP contribution in [0.15, 0.2) is 70.7 Å². The van der Waals surface area contributed by atoms with Gasteiger partial charge in [0.25, 0.3) is 5.91 Å². The highest BCUT2D eigenvalue weighted by molar-refractivity contribution is 7.99. The lowest BCUT2D eigenvalue weighted by molar-refractivity contribution is -0.137. The van der Waals surface area contributed by atoms with Gasteiger partial charge < -0.3 is 20.3 Å². The molecule has 0 atom stereocenters. The highest BCUT2D eigenvalue weighted by Crippen LogP contribution is 2.33. The molecule has 13 heteroatoms. The van der Waals surface area contributed by atoms with Crippen LogP contribution in [0.3, 0.4) is 0 Å².